The van der Waals surface area contributed by atoms with Crippen LogP contribution in [0, 0.1) is 19.3 Å². The summed E-state index contributed by atoms with van der Waals surface area (Å²) in [5.41, 5.74) is 1.06. The largest absolute Gasteiger partial charge is 0.325 e. The van der Waals surface area contributed by atoms with Crippen LogP contribution < -0.4 is 0 Å². The van der Waals surface area contributed by atoms with Crippen molar-refractivity contribution in [1.29, 1.82) is 0 Å². The summed E-state index contributed by atoms with van der Waals surface area (Å²) in [5.74, 6) is 0. The molecule has 0 radical (unpaired) electrons. The molecule has 2 rings (SSSR count). The molecule has 1 fully saturated rings. The van der Waals surface area contributed by atoms with Gasteiger partial charge in [-0.25, -0.2) is 12.7 Å². The quantitative estimate of drug-likeness (QED) is 0.591. The van der Waals surface area contributed by atoms with Crippen molar-refractivity contribution in [2.24, 2.45) is 5.41 Å². The molecular weight excluding hydrogens is 353 g/mol. The Labute approximate surface area is 130 Å². The molecule has 5 heteroatoms. The summed E-state index contributed by atoms with van der Waals surface area (Å²) in [6.45, 7) is 10.6. The van der Waals surface area contributed by atoms with E-state index in [4.69, 9.17) is 0 Å². The summed E-state index contributed by atoms with van der Waals surface area (Å²) >= 11 is 0. The zero-order valence-corrected chi connectivity index (χ0v) is 13.9. The third-order valence-electron chi connectivity index (χ3n) is 3.41. The number of benzene rings is 1. The molecule has 1 heterocycles. The molecule has 1 aromatic rings. The number of hydrogen-bond acceptors (Lipinski definition) is 2. The van der Waals surface area contributed by atoms with Gasteiger partial charge in [0, 0.05) is 27.0 Å². The monoisotopic (exact) mass is 372 g/mol. The molecule has 1 aliphatic heterocycles. The Morgan fingerprint density at radius 3 is 2.21 bits per heavy atom. The van der Waals surface area contributed by atoms with Crippen molar-refractivity contribution in [3.8, 4) is 0 Å². The number of rotatable bonds is 2. The zero-order valence-electron chi connectivity index (χ0n) is 11.5. The number of nitrogens with zero attached hydrogens (tertiary/aromatic N) is 1. The summed E-state index contributed by atoms with van der Waals surface area (Å²) in [6.07, 6.45) is 0.804. The summed E-state index contributed by atoms with van der Waals surface area (Å²) in [7, 11) is -3.40. The molecule has 0 bridgehead atoms. The molecule has 0 amide bonds. The van der Waals surface area contributed by atoms with E-state index in [1.165, 1.54) is 4.31 Å². The molecule has 0 spiro atoms. The number of aryl methyl sites for hydroxylation is 1. The Morgan fingerprint density at radius 1 is 1.26 bits per heavy atom. The van der Waals surface area contributed by atoms with Crippen LogP contribution in [0.15, 0.2) is 29.2 Å². The van der Waals surface area contributed by atoms with Crippen molar-refractivity contribution >= 4 is 10.0 Å². The SMILES string of the molecule is [CH2-][C@@H]1CC(C)(C)CN1S(=O)(=O)c1ccc(C)cc1.[Pd]. The zero-order chi connectivity index (χ0) is 13.6. The van der Waals surface area contributed by atoms with E-state index in [9.17, 15) is 8.42 Å². The van der Waals surface area contributed by atoms with Gasteiger partial charge >= 0.3 is 0 Å². The predicted molar refractivity (Wildman–Crippen MR) is 72.6 cm³/mol. The van der Waals surface area contributed by atoms with Gasteiger partial charge < -0.3 is 6.92 Å². The van der Waals surface area contributed by atoms with Gasteiger partial charge in [0.25, 0.3) is 0 Å². The van der Waals surface area contributed by atoms with Gasteiger partial charge in [-0.1, -0.05) is 38.0 Å². The molecule has 0 N–H and O–H groups in total. The van der Waals surface area contributed by atoms with E-state index >= 15 is 0 Å². The van der Waals surface area contributed by atoms with Crippen molar-refractivity contribution in [2.45, 2.75) is 38.1 Å². The van der Waals surface area contributed by atoms with Crippen LogP contribution in [0.4, 0.5) is 0 Å². The fourth-order valence-electron chi connectivity index (χ4n) is 2.48. The summed E-state index contributed by atoms with van der Waals surface area (Å²) < 4.78 is 26.6. The van der Waals surface area contributed by atoms with Gasteiger partial charge in [-0.3, -0.25) is 0 Å². The van der Waals surface area contributed by atoms with Gasteiger partial charge in [0.05, 0.1) is 4.90 Å². The van der Waals surface area contributed by atoms with E-state index in [0.717, 1.165) is 12.0 Å². The van der Waals surface area contributed by atoms with E-state index < -0.39 is 10.0 Å². The molecule has 3 nitrogen and oxygen atoms in total. The van der Waals surface area contributed by atoms with Crippen LogP contribution in [0.5, 0.6) is 0 Å². The fourth-order valence-corrected chi connectivity index (χ4v) is 4.22. The minimum Gasteiger partial charge on any atom is -0.325 e. The third-order valence-corrected chi connectivity index (χ3v) is 5.32. The molecule has 0 unspecified atom stereocenters. The maximum atomic E-state index is 12.5. The summed E-state index contributed by atoms with van der Waals surface area (Å²) in [6, 6.07) is 6.82. The second-order valence-electron chi connectivity index (χ2n) is 5.89. The van der Waals surface area contributed by atoms with Crippen LogP contribution in [-0.4, -0.2) is 25.3 Å². The van der Waals surface area contributed by atoms with Gasteiger partial charge in [0.1, 0.15) is 0 Å². The third kappa shape index (κ3) is 3.46. The predicted octanol–water partition coefficient (Wildman–Crippen LogP) is 2.62. The van der Waals surface area contributed by atoms with Crippen LogP contribution in [0.25, 0.3) is 0 Å². The Balaban J connectivity index is 0.00000180. The van der Waals surface area contributed by atoms with E-state index in [-0.39, 0.29) is 31.9 Å². The van der Waals surface area contributed by atoms with Crippen LogP contribution in [0.3, 0.4) is 0 Å². The Hall–Kier alpha value is -0.208. The van der Waals surface area contributed by atoms with Crippen molar-refractivity contribution in [2.75, 3.05) is 6.54 Å². The summed E-state index contributed by atoms with van der Waals surface area (Å²) in [5, 5.41) is 0. The first-order chi connectivity index (χ1) is 8.22. The van der Waals surface area contributed by atoms with Crippen molar-refractivity contribution < 1.29 is 28.8 Å². The molecule has 0 aromatic heterocycles. The maximum Gasteiger partial charge on any atom is 0.240 e. The smallest absolute Gasteiger partial charge is 0.240 e. The van der Waals surface area contributed by atoms with Gasteiger partial charge in [0.2, 0.25) is 10.0 Å². The normalized spacial score (nSPS) is 23.1. The van der Waals surface area contributed by atoms with E-state index in [1.807, 2.05) is 19.1 Å². The van der Waals surface area contributed by atoms with Crippen molar-refractivity contribution in [3.63, 3.8) is 0 Å². The standard InChI is InChI=1S/C14H20NO2S.Pd/c1-11-5-7-13(8-6-11)18(16,17)15-10-14(3,4)9-12(15)2;/h5-8,12H,2,9-10H2,1,3-4H3;/q-1;/t12-;/m1./s1. The van der Waals surface area contributed by atoms with E-state index in [1.54, 1.807) is 12.1 Å². The molecule has 1 aromatic carbocycles. The van der Waals surface area contributed by atoms with Crippen LogP contribution >= 0.6 is 0 Å². The van der Waals surface area contributed by atoms with Crippen LogP contribution in [0.1, 0.15) is 25.8 Å². The van der Waals surface area contributed by atoms with E-state index in [2.05, 4.69) is 20.8 Å². The maximum absolute atomic E-state index is 12.5. The van der Waals surface area contributed by atoms with E-state index in [0.29, 0.717) is 11.4 Å². The average molecular weight is 373 g/mol. The number of sulfonamides is 1. The van der Waals surface area contributed by atoms with Crippen molar-refractivity contribution in [3.05, 3.63) is 36.8 Å². The van der Waals surface area contributed by atoms with Crippen LogP contribution in [-0.2, 0) is 30.4 Å². The average Bonchev–Trinajstić information content (AvgIpc) is 2.53. The Bertz CT molecular complexity index is 537. The molecule has 1 atom stereocenters. The van der Waals surface area contributed by atoms with Gasteiger partial charge in [-0.15, -0.1) is 6.04 Å². The van der Waals surface area contributed by atoms with Gasteiger partial charge in [-0.05, 0) is 24.5 Å². The topological polar surface area (TPSA) is 37.4 Å². The summed E-state index contributed by atoms with van der Waals surface area (Å²) in [4.78, 5) is 0.361. The first-order valence-corrected chi connectivity index (χ1v) is 7.58. The molecule has 110 valence electrons. The minimum atomic E-state index is -3.40. The second-order valence-corrected chi connectivity index (χ2v) is 7.78. The minimum absolute atomic E-state index is 0. The molecule has 0 saturated carbocycles. The first-order valence-electron chi connectivity index (χ1n) is 6.14. The molecule has 1 aliphatic rings. The molecular formula is C14H20NO2PdS-. The second kappa shape index (κ2) is 5.65. The fraction of sp³-hybridized carbons (Fsp3) is 0.500. The van der Waals surface area contributed by atoms with Crippen LogP contribution in [0.2, 0.25) is 0 Å². The Morgan fingerprint density at radius 2 is 1.79 bits per heavy atom. The Kier molecular flexibility index (Phi) is 5.01. The van der Waals surface area contributed by atoms with Crippen molar-refractivity contribution in [1.82, 2.24) is 4.31 Å². The molecule has 1 saturated heterocycles. The van der Waals surface area contributed by atoms with Gasteiger partial charge in [-0.2, -0.15) is 0 Å². The first kappa shape index (κ1) is 16.8. The molecule has 0 aliphatic carbocycles. The number of hydrogen-bond donors (Lipinski definition) is 0. The van der Waals surface area contributed by atoms with Gasteiger partial charge in [0.15, 0.2) is 0 Å². The molecule has 19 heavy (non-hydrogen) atoms.